The number of nitrogens with zero attached hydrogens (tertiary/aromatic N) is 5. The maximum absolute atomic E-state index is 13.3. The fourth-order valence-electron chi connectivity index (χ4n) is 6.79. The number of carbonyl (C=O) groups excluding carboxylic acids is 1. The van der Waals surface area contributed by atoms with Crippen LogP contribution in [0.2, 0.25) is 0 Å². The highest BCUT2D eigenvalue weighted by molar-refractivity contribution is 5.89. The summed E-state index contributed by atoms with van der Waals surface area (Å²) in [5.74, 6) is 0.467. The highest BCUT2D eigenvalue weighted by Gasteiger charge is 2.41. The van der Waals surface area contributed by atoms with Crippen LogP contribution in [0.4, 0.5) is 0 Å². The van der Waals surface area contributed by atoms with Crippen molar-refractivity contribution in [1.29, 1.82) is 0 Å². The van der Waals surface area contributed by atoms with Gasteiger partial charge in [-0.15, -0.1) is 5.10 Å². The minimum atomic E-state index is -0.833. The number of methoxy groups -OCH3 is 1. The predicted octanol–water partition coefficient (Wildman–Crippen LogP) is 6.64. The first-order chi connectivity index (χ1) is 21.1. The summed E-state index contributed by atoms with van der Waals surface area (Å²) in [5.41, 5.74) is 7.75. The molecule has 0 fully saturated rings. The van der Waals surface area contributed by atoms with Crippen LogP contribution in [0.1, 0.15) is 66.5 Å². The zero-order valence-electron chi connectivity index (χ0n) is 26.7. The molecule has 44 heavy (non-hydrogen) atoms. The van der Waals surface area contributed by atoms with Gasteiger partial charge >= 0.3 is 5.97 Å². The standard InChI is InChI=1S/C36H41N5O3/c1-8-28-21-41(19-26-12-11-25-18-37-16-15-30(25)34(26)44-28)20-27-17-24(10-9-22(27)2)32(36(4,5)35(42)43-7)29-13-14-31-33(23(29)3)38-39-40(31)6/h9-18,28,32H,8,19-21H2,1-7H3/t28-,32?/m1/s1. The number of fused-ring (bicyclic) bond motifs is 4. The van der Waals surface area contributed by atoms with Crippen LogP contribution in [0, 0.1) is 19.3 Å². The molecule has 6 rings (SSSR count). The van der Waals surface area contributed by atoms with E-state index in [4.69, 9.17) is 9.47 Å². The van der Waals surface area contributed by atoms with Gasteiger partial charge in [0.2, 0.25) is 0 Å². The summed E-state index contributed by atoms with van der Waals surface area (Å²) in [6.45, 7) is 12.7. The fourth-order valence-corrected chi connectivity index (χ4v) is 6.79. The molecule has 5 aromatic rings. The van der Waals surface area contributed by atoms with Gasteiger partial charge in [0.05, 0.1) is 18.0 Å². The van der Waals surface area contributed by atoms with E-state index in [1.165, 1.54) is 23.8 Å². The second-order valence-electron chi connectivity index (χ2n) is 12.7. The predicted molar refractivity (Wildman–Crippen MR) is 173 cm³/mol. The first-order valence-corrected chi connectivity index (χ1v) is 15.3. The topological polar surface area (TPSA) is 82.4 Å². The van der Waals surface area contributed by atoms with Crippen molar-refractivity contribution in [3.05, 3.63) is 94.3 Å². The van der Waals surface area contributed by atoms with Crippen molar-refractivity contribution in [3.63, 3.8) is 0 Å². The van der Waals surface area contributed by atoms with E-state index < -0.39 is 5.41 Å². The lowest BCUT2D eigenvalue weighted by Gasteiger charge is -2.34. The van der Waals surface area contributed by atoms with Gasteiger partial charge in [-0.3, -0.25) is 14.7 Å². The van der Waals surface area contributed by atoms with Crippen molar-refractivity contribution in [2.45, 2.75) is 66.2 Å². The third-order valence-corrected chi connectivity index (χ3v) is 9.37. The Hall–Kier alpha value is -4.30. The lowest BCUT2D eigenvalue weighted by Crippen LogP contribution is -2.34. The van der Waals surface area contributed by atoms with E-state index in [2.05, 4.69) is 77.4 Å². The number of aryl methyl sites for hydroxylation is 3. The van der Waals surface area contributed by atoms with Gasteiger partial charge in [-0.2, -0.15) is 0 Å². The Morgan fingerprint density at radius 1 is 1.14 bits per heavy atom. The molecule has 3 heterocycles. The maximum Gasteiger partial charge on any atom is 0.312 e. The molecule has 1 aliphatic heterocycles. The lowest BCUT2D eigenvalue weighted by atomic mass is 9.69. The Kier molecular flexibility index (Phi) is 7.88. The molecule has 3 aromatic carbocycles. The number of benzene rings is 3. The van der Waals surface area contributed by atoms with Gasteiger partial charge < -0.3 is 9.47 Å². The van der Waals surface area contributed by atoms with Crippen molar-refractivity contribution in [2.75, 3.05) is 13.7 Å². The molecule has 0 saturated carbocycles. The molecule has 228 valence electrons. The molecule has 0 spiro atoms. The Morgan fingerprint density at radius 3 is 2.73 bits per heavy atom. The van der Waals surface area contributed by atoms with E-state index in [0.29, 0.717) is 0 Å². The number of rotatable bonds is 7. The van der Waals surface area contributed by atoms with Gasteiger partial charge in [0.25, 0.3) is 0 Å². The van der Waals surface area contributed by atoms with Crippen molar-refractivity contribution >= 4 is 27.8 Å². The third kappa shape index (κ3) is 5.21. The summed E-state index contributed by atoms with van der Waals surface area (Å²) < 4.78 is 13.8. The second-order valence-corrected chi connectivity index (χ2v) is 12.7. The molecular weight excluding hydrogens is 550 g/mol. The maximum atomic E-state index is 13.3. The van der Waals surface area contributed by atoms with Gasteiger partial charge in [0, 0.05) is 61.3 Å². The molecule has 0 saturated heterocycles. The summed E-state index contributed by atoms with van der Waals surface area (Å²) in [6, 6.07) is 17.1. The van der Waals surface area contributed by atoms with E-state index >= 15 is 0 Å². The van der Waals surface area contributed by atoms with Crippen molar-refractivity contribution in [1.82, 2.24) is 24.9 Å². The Labute approximate surface area is 259 Å². The summed E-state index contributed by atoms with van der Waals surface area (Å²) in [4.78, 5) is 20.1. The monoisotopic (exact) mass is 591 g/mol. The number of pyridine rings is 1. The highest BCUT2D eigenvalue weighted by atomic mass is 16.5. The SMILES string of the molecule is CC[C@@H]1CN(Cc2cc(C(c3ccc4c(nnn4C)c3C)C(C)(C)C(=O)OC)ccc2C)Cc2ccc3cnccc3c2O1. The molecule has 2 aromatic heterocycles. The lowest BCUT2D eigenvalue weighted by molar-refractivity contribution is -0.151. The summed E-state index contributed by atoms with van der Waals surface area (Å²) in [5, 5.41) is 10.9. The van der Waals surface area contributed by atoms with Crippen LogP contribution in [0.5, 0.6) is 5.75 Å². The Morgan fingerprint density at radius 2 is 1.95 bits per heavy atom. The van der Waals surface area contributed by atoms with Gasteiger partial charge in [0.15, 0.2) is 0 Å². The first-order valence-electron chi connectivity index (χ1n) is 15.3. The van der Waals surface area contributed by atoms with Gasteiger partial charge in [-0.25, -0.2) is 4.68 Å². The van der Waals surface area contributed by atoms with Gasteiger partial charge in [-0.05, 0) is 74.1 Å². The van der Waals surface area contributed by atoms with E-state index in [0.717, 1.165) is 70.3 Å². The van der Waals surface area contributed by atoms with E-state index in [1.807, 2.05) is 45.4 Å². The molecule has 0 amide bonds. The number of esters is 1. The smallest absolute Gasteiger partial charge is 0.312 e. The van der Waals surface area contributed by atoms with E-state index in [9.17, 15) is 4.79 Å². The first kappa shape index (κ1) is 29.8. The zero-order valence-corrected chi connectivity index (χ0v) is 26.7. The quantitative estimate of drug-likeness (QED) is 0.196. The summed E-state index contributed by atoms with van der Waals surface area (Å²) >= 11 is 0. The van der Waals surface area contributed by atoms with Crippen LogP contribution in [-0.2, 0) is 29.7 Å². The average Bonchev–Trinajstić information content (AvgIpc) is 3.30. The molecule has 0 bridgehead atoms. The minimum absolute atomic E-state index is 0.0749. The van der Waals surface area contributed by atoms with Crippen LogP contribution in [0.3, 0.4) is 0 Å². The molecule has 8 heteroatoms. The second kappa shape index (κ2) is 11.7. The Balaban J connectivity index is 1.41. The van der Waals surface area contributed by atoms with Crippen LogP contribution in [0.25, 0.3) is 21.8 Å². The summed E-state index contributed by atoms with van der Waals surface area (Å²) in [6.07, 6.45) is 4.72. The van der Waals surface area contributed by atoms with Crippen molar-refractivity contribution in [2.24, 2.45) is 12.5 Å². The number of hydrogen-bond acceptors (Lipinski definition) is 7. The molecular formula is C36H41N5O3. The van der Waals surface area contributed by atoms with E-state index in [1.54, 1.807) is 4.68 Å². The van der Waals surface area contributed by atoms with E-state index in [-0.39, 0.29) is 18.0 Å². The van der Waals surface area contributed by atoms with Crippen LogP contribution >= 0.6 is 0 Å². The molecule has 8 nitrogen and oxygen atoms in total. The van der Waals surface area contributed by atoms with Crippen molar-refractivity contribution in [3.8, 4) is 5.75 Å². The highest BCUT2D eigenvalue weighted by Crippen LogP contribution is 2.45. The normalized spacial score (nSPS) is 16.4. The molecule has 0 radical (unpaired) electrons. The number of aromatic nitrogens is 4. The molecule has 1 unspecified atom stereocenters. The number of ether oxygens (including phenoxy) is 2. The average molecular weight is 592 g/mol. The largest absolute Gasteiger partial charge is 0.488 e. The zero-order chi connectivity index (χ0) is 31.2. The van der Waals surface area contributed by atoms with Crippen LogP contribution < -0.4 is 4.74 Å². The molecule has 0 N–H and O–H groups in total. The number of carbonyl (C=O) groups is 1. The molecule has 2 atom stereocenters. The van der Waals surface area contributed by atoms with Crippen LogP contribution in [0.15, 0.2) is 60.9 Å². The molecule has 0 aliphatic carbocycles. The Bertz CT molecular complexity index is 1860. The fraction of sp³-hybridized carbons (Fsp3) is 0.389. The number of hydrogen-bond donors (Lipinski definition) is 0. The minimum Gasteiger partial charge on any atom is -0.488 e. The van der Waals surface area contributed by atoms with Crippen LogP contribution in [-0.4, -0.2) is 50.6 Å². The van der Waals surface area contributed by atoms with Crippen molar-refractivity contribution < 1.29 is 14.3 Å². The molecule has 1 aliphatic rings. The third-order valence-electron chi connectivity index (χ3n) is 9.37. The van der Waals surface area contributed by atoms with Gasteiger partial charge in [-0.1, -0.05) is 48.5 Å². The van der Waals surface area contributed by atoms with Gasteiger partial charge in [0.1, 0.15) is 17.4 Å². The summed E-state index contributed by atoms with van der Waals surface area (Å²) in [7, 11) is 3.36.